The number of hydrogen-bond donors (Lipinski definition) is 3. The molecule has 0 bridgehead atoms. The number of nitrogens with zero attached hydrogens (tertiary/aromatic N) is 3. The molecule has 4 aromatic rings. The third-order valence-corrected chi connectivity index (χ3v) is 8.64. The van der Waals surface area contributed by atoms with Crippen molar-refractivity contribution in [2.75, 3.05) is 30.3 Å². The molecule has 1 spiro atoms. The topological polar surface area (TPSA) is 114 Å². The van der Waals surface area contributed by atoms with Crippen molar-refractivity contribution in [1.82, 2.24) is 15.3 Å². The lowest BCUT2D eigenvalue weighted by atomic mass is 9.76. The number of alkyl halides is 3. The van der Waals surface area contributed by atoms with Crippen LogP contribution in [-0.2, 0) is 4.79 Å². The zero-order valence-electron chi connectivity index (χ0n) is 22.9. The molecule has 224 valence electrons. The fourth-order valence-corrected chi connectivity index (χ4v) is 6.30. The second-order valence-corrected chi connectivity index (χ2v) is 11.7. The van der Waals surface area contributed by atoms with Crippen LogP contribution in [0.15, 0.2) is 66.7 Å². The number of rotatable bonds is 6. The van der Waals surface area contributed by atoms with E-state index < -0.39 is 24.3 Å². The molecule has 1 unspecified atom stereocenters. The first-order valence-corrected chi connectivity index (χ1v) is 14.3. The van der Waals surface area contributed by atoms with Crippen molar-refractivity contribution in [2.24, 2.45) is 5.41 Å². The van der Waals surface area contributed by atoms with Gasteiger partial charge in [0.25, 0.3) is 0 Å². The second-order valence-electron chi connectivity index (χ2n) is 11.2. The van der Waals surface area contributed by atoms with E-state index in [9.17, 15) is 23.1 Å². The Morgan fingerprint density at radius 2 is 1.81 bits per heavy atom. The number of aromatic nitrogens is 2. The summed E-state index contributed by atoms with van der Waals surface area (Å²) in [5, 5.41) is 14.6. The second kappa shape index (κ2) is 11.2. The van der Waals surface area contributed by atoms with Gasteiger partial charge in [-0.2, -0.15) is 23.1 Å². The van der Waals surface area contributed by atoms with E-state index in [-0.39, 0.29) is 33.4 Å². The lowest BCUT2D eigenvalue weighted by Crippen LogP contribution is -2.41. The summed E-state index contributed by atoms with van der Waals surface area (Å²) in [5.74, 6) is -1.04. The molecule has 2 aliphatic rings. The Labute approximate surface area is 250 Å². The van der Waals surface area contributed by atoms with Crippen molar-refractivity contribution in [3.8, 4) is 17.0 Å². The van der Waals surface area contributed by atoms with Gasteiger partial charge in [0, 0.05) is 36.3 Å². The van der Waals surface area contributed by atoms with Gasteiger partial charge >= 0.3 is 12.1 Å². The zero-order valence-corrected chi connectivity index (χ0v) is 23.7. The first-order chi connectivity index (χ1) is 20.5. The minimum absolute atomic E-state index is 0.118. The number of carboxylic acids is 1. The summed E-state index contributed by atoms with van der Waals surface area (Å²) < 4.78 is 49.6. The molecule has 3 aromatic carbocycles. The van der Waals surface area contributed by atoms with E-state index in [1.54, 1.807) is 6.07 Å². The molecule has 43 heavy (non-hydrogen) atoms. The monoisotopic (exact) mass is 611 g/mol. The Morgan fingerprint density at radius 1 is 1.07 bits per heavy atom. The Balaban J connectivity index is 1.29. The summed E-state index contributed by atoms with van der Waals surface area (Å²) in [6, 6.07) is 18.0. The molecule has 0 aliphatic carbocycles. The Morgan fingerprint density at radius 3 is 2.51 bits per heavy atom. The van der Waals surface area contributed by atoms with Gasteiger partial charge in [0.15, 0.2) is 0 Å². The molecule has 3 heterocycles. The highest BCUT2D eigenvalue weighted by Gasteiger charge is 2.46. The van der Waals surface area contributed by atoms with Gasteiger partial charge in [0.1, 0.15) is 11.9 Å². The third kappa shape index (κ3) is 6.05. The Hall–Kier alpha value is -4.09. The fourth-order valence-electron chi connectivity index (χ4n) is 6.13. The van der Waals surface area contributed by atoms with Crippen LogP contribution in [0.5, 0.6) is 5.88 Å². The molecule has 2 aliphatic heterocycles. The maximum atomic E-state index is 14.7. The molecule has 1 aromatic heterocycles. The van der Waals surface area contributed by atoms with Crippen LogP contribution in [0, 0.1) is 5.41 Å². The van der Waals surface area contributed by atoms with Crippen LogP contribution in [0.1, 0.15) is 30.9 Å². The van der Waals surface area contributed by atoms with Crippen LogP contribution >= 0.6 is 11.6 Å². The van der Waals surface area contributed by atoms with Gasteiger partial charge in [-0.3, -0.25) is 4.79 Å². The van der Waals surface area contributed by atoms with Crippen molar-refractivity contribution < 1.29 is 27.8 Å². The molecule has 0 amide bonds. The number of fused-ring (bicyclic) bond motifs is 1. The van der Waals surface area contributed by atoms with Crippen LogP contribution in [-0.4, -0.2) is 52.9 Å². The number of anilines is 2. The van der Waals surface area contributed by atoms with Gasteiger partial charge < -0.3 is 25.8 Å². The van der Waals surface area contributed by atoms with Crippen molar-refractivity contribution >= 4 is 40.1 Å². The molecule has 4 N–H and O–H groups in total. The summed E-state index contributed by atoms with van der Waals surface area (Å²) in [7, 11) is 0. The van der Waals surface area contributed by atoms with Gasteiger partial charge in [-0.15, -0.1) is 0 Å². The molecular formula is C31H29ClF3N5O3. The van der Waals surface area contributed by atoms with E-state index in [2.05, 4.69) is 15.3 Å². The van der Waals surface area contributed by atoms with E-state index in [1.165, 1.54) is 24.3 Å². The Kier molecular flexibility index (Phi) is 7.55. The van der Waals surface area contributed by atoms with Crippen molar-refractivity contribution in [3.05, 3.63) is 77.3 Å². The smallest absolute Gasteiger partial charge is 0.429 e. The number of ether oxygens (including phenoxy) is 1. The molecule has 0 radical (unpaired) electrons. The predicted octanol–water partition coefficient (Wildman–Crippen LogP) is 6.25. The number of aliphatic carboxylic acids is 1. The van der Waals surface area contributed by atoms with Gasteiger partial charge in [0.05, 0.1) is 0 Å². The summed E-state index contributed by atoms with van der Waals surface area (Å²) >= 11 is 6.26. The average molecular weight is 612 g/mol. The molecule has 12 heteroatoms. The third-order valence-electron chi connectivity index (χ3n) is 8.41. The number of hydrogen-bond acceptors (Lipinski definition) is 7. The number of halogens is 4. The van der Waals surface area contributed by atoms with Crippen LogP contribution in [0.3, 0.4) is 0 Å². The van der Waals surface area contributed by atoms with Crippen LogP contribution in [0.4, 0.5) is 24.9 Å². The predicted molar refractivity (Wildman–Crippen MR) is 158 cm³/mol. The lowest BCUT2D eigenvalue weighted by molar-refractivity contribution is -0.198. The van der Waals surface area contributed by atoms with Gasteiger partial charge in [-0.1, -0.05) is 54.1 Å². The van der Waals surface area contributed by atoms with Crippen molar-refractivity contribution in [3.63, 3.8) is 0 Å². The number of carbonyl (C=O) groups is 1. The molecule has 2 fully saturated rings. The summed E-state index contributed by atoms with van der Waals surface area (Å²) in [4.78, 5) is 21.6. The largest absolute Gasteiger partial charge is 0.480 e. The number of piperidine rings is 1. The molecule has 2 atom stereocenters. The summed E-state index contributed by atoms with van der Waals surface area (Å²) in [6.07, 6.45) is -5.23. The number of nitrogens with one attached hydrogen (secondary N) is 1. The number of nitrogen functional groups attached to an aromatic ring is 1. The van der Waals surface area contributed by atoms with E-state index in [4.69, 9.17) is 22.1 Å². The van der Waals surface area contributed by atoms with E-state index in [0.717, 1.165) is 10.8 Å². The standard InChI is InChI=1S/C31H29ClF3N5O3/c32-21-7-8-22(23(14-21)20-6-5-18-3-1-2-4-19(18)13-20)27(31(33,34)35)43-26-15-25(38-29(36)39-26)40-11-9-30(10-12-40)16-24(28(41)42)37-17-30/h1-8,13-15,24,27,37H,9-12,16-17H2,(H,41,42)(H2,36,38,39)/t24-,27?/m0/s1. The van der Waals surface area contributed by atoms with Gasteiger partial charge in [-0.25, -0.2) is 0 Å². The highest BCUT2D eigenvalue weighted by atomic mass is 35.5. The maximum Gasteiger partial charge on any atom is 0.429 e. The fraction of sp³-hybridized carbons (Fsp3) is 0.323. The molecular weight excluding hydrogens is 583 g/mol. The first-order valence-electron chi connectivity index (χ1n) is 13.9. The van der Waals surface area contributed by atoms with Crippen LogP contribution in [0.2, 0.25) is 5.02 Å². The first kappa shape index (κ1) is 29.0. The zero-order chi connectivity index (χ0) is 30.4. The maximum absolute atomic E-state index is 14.7. The summed E-state index contributed by atoms with van der Waals surface area (Å²) in [6.45, 7) is 1.68. The minimum atomic E-state index is -4.80. The van der Waals surface area contributed by atoms with Gasteiger partial charge in [-0.05, 0) is 64.8 Å². The van der Waals surface area contributed by atoms with Gasteiger partial charge in [0.2, 0.25) is 17.9 Å². The highest BCUT2D eigenvalue weighted by Crippen LogP contribution is 2.44. The minimum Gasteiger partial charge on any atom is -0.480 e. The van der Waals surface area contributed by atoms with E-state index in [1.807, 2.05) is 41.3 Å². The quantitative estimate of drug-likeness (QED) is 0.235. The van der Waals surface area contributed by atoms with Crippen molar-refractivity contribution in [2.45, 2.75) is 37.6 Å². The Bertz CT molecular complexity index is 1680. The number of carboxylic acid groups (broad SMARTS) is 1. The van der Waals surface area contributed by atoms with Crippen LogP contribution in [0.25, 0.3) is 21.9 Å². The van der Waals surface area contributed by atoms with E-state index >= 15 is 0 Å². The SMILES string of the molecule is Nc1nc(OC(c2ccc(Cl)cc2-c2ccc3ccccc3c2)C(F)(F)F)cc(N2CCC3(CC2)CN[C@H](C(=O)O)C3)n1. The molecule has 6 rings (SSSR count). The van der Waals surface area contributed by atoms with Crippen LogP contribution < -0.4 is 20.7 Å². The number of nitrogens with two attached hydrogens (primary N) is 1. The average Bonchev–Trinajstić information content (AvgIpc) is 3.39. The molecule has 2 saturated heterocycles. The van der Waals surface area contributed by atoms with Crippen molar-refractivity contribution in [1.29, 1.82) is 0 Å². The molecule has 8 nitrogen and oxygen atoms in total. The lowest BCUT2D eigenvalue weighted by Gasteiger charge is -2.39. The summed E-state index contributed by atoms with van der Waals surface area (Å²) in [5.41, 5.74) is 6.53. The number of benzene rings is 3. The van der Waals surface area contributed by atoms with E-state index in [0.29, 0.717) is 50.3 Å². The highest BCUT2D eigenvalue weighted by molar-refractivity contribution is 6.30. The molecule has 0 saturated carbocycles. The normalized spacial score (nSPS) is 19.1.